The van der Waals surface area contributed by atoms with Crippen LogP contribution >= 0.6 is 11.6 Å². The van der Waals surface area contributed by atoms with Gasteiger partial charge < -0.3 is 5.32 Å². The van der Waals surface area contributed by atoms with E-state index in [4.69, 9.17) is 11.6 Å². The molecule has 0 radical (unpaired) electrons. The Bertz CT molecular complexity index is 302. The maximum atomic E-state index is 6.10. The number of hydrogen-bond acceptors (Lipinski definition) is 2. The van der Waals surface area contributed by atoms with Gasteiger partial charge >= 0.3 is 0 Å². The molecular formula is C13H21ClN2. The average Bonchev–Trinajstić information content (AvgIpc) is 2.30. The number of hydrogen-bond donors (Lipinski definition) is 1. The fraction of sp³-hybridized carbons (Fsp3) is 0.615. The summed E-state index contributed by atoms with van der Waals surface area (Å²) in [5.41, 5.74) is 1.21. The molecule has 90 valence electrons. The molecule has 0 aliphatic carbocycles. The van der Waals surface area contributed by atoms with Crippen molar-refractivity contribution in [3.63, 3.8) is 0 Å². The zero-order valence-corrected chi connectivity index (χ0v) is 10.9. The Labute approximate surface area is 103 Å². The van der Waals surface area contributed by atoms with E-state index < -0.39 is 0 Å². The second-order valence-corrected chi connectivity index (χ2v) is 4.56. The van der Waals surface area contributed by atoms with E-state index in [0.717, 1.165) is 24.5 Å². The molecule has 3 heteroatoms. The molecule has 1 N–H and O–H groups in total. The molecule has 0 amide bonds. The van der Waals surface area contributed by atoms with Crippen LogP contribution in [0, 0.1) is 5.92 Å². The Morgan fingerprint density at radius 1 is 1.44 bits per heavy atom. The van der Waals surface area contributed by atoms with Crippen LogP contribution in [0.25, 0.3) is 0 Å². The fourth-order valence-electron chi connectivity index (χ4n) is 1.72. The summed E-state index contributed by atoms with van der Waals surface area (Å²) >= 11 is 6.10. The van der Waals surface area contributed by atoms with Crippen molar-refractivity contribution in [2.45, 2.75) is 33.1 Å². The van der Waals surface area contributed by atoms with Crippen molar-refractivity contribution in [2.24, 2.45) is 5.92 Å². The van der Waals surface area contributed by atoms with Gasteiger partial charge in [0.1, 0.15) is 0 Å². The van der Waals surface area contributed by atoms with Crippen LogP contribution in [0.15, 0.2) is 18.5 Å². The van der Waals surface area contributed by atoms with Crippen LogP contribution in [-0.2, 0) is 6.42 Å². The highest BCUT2D eigenvalue weighted by Crippen LogP contribution is 2.18. The lowest BCUT2D eigenvalue weighted by Gasteiger charge is -2.16. The molecular weight excluding hydrogens is 220 g/mol. The Morgan fingerprint density at radius 2 is 2.25 bits per heavy atom. The minimum Gasteiger partial charge on any atom is -0.316 e. The summed E-state index contributed by atoms with van der Waals surface area (Å²) in [5, 5.41) is 4.26. The van der Waals surface area contributed by atoms with Crippen molar-refractivity contribution < 1.29 is 0 Å². The van der Waals surface area contributed by atoms with E-state index >= 15 is 0 Å². The molecule has 0 bridgehead atoms. The third-order valence-electron chi connectivity index (χ3n) is 2.80. The summed E-state index contributed by atoms with van der Waals surface area (Å²) in [5.74, 6) is 0.659. The highest BCUT2D eigenvalue weighted by molar-refractivity contribution is 6.31. The van der Waals surface area contributed by atoms with Crippen LogP contribution in [0.2, 0.25) is 5.02 Å². The SMILES string of the molecule is CCCNCC(CC)Cc1ccncc1Cl. The van der Waals surface area contributed by atoms with Crippen molar-refractivity contribution in [1.29, 1.82) is 0 Å². The molecule has 0 spiro atoms. The molecule has 0 aliphatic rings. The van der Waals surface area contributed by atoms with E-state index in [-0.39, 0.29) is 0 Å². The number of pyridine rings is 1. The van der Waals surface area contributed by atoms with E-state index in [1.165, 1.54) is 18.4 Å². The third-order valence-corrected chi connectivity index (χ3v) is 3.14. The molecule has 0 aliphatic heterocycles. The minimum atomic E-state index is 0.659. The van der Waals surface area contributed by atoms with E-state index in [1.54, 1.807) is 6.20 Å². The molecule has 0 saturated carbocycles. The second kappa shape index (κ2) is 7.64. The predicted octanol–water partition coefficient (Wildman–Crippen LogP) is 3.30. The highest BCUT2D eigenvalue weighted by atomic mass is 35.5. The van der Waals surface area contributed by atoms with Crippen molar-refractivity contribution in [3.8, 4) is 0 Å². The normalized spacial score (nSPS) is 12.7. The number of aromatic nitrogens is 1. The van der Waals surface area contributed by atoms with Crippen LogP contribution in [0.4, 0.5) is 0 Å². The molecule has 16 heavy (non-hydrogen) atoms. The molecule has 1 unspecified atom stereocenters. The smallest absolute Gasteiger partial charge is 0.0621 e. The van der Waals surface area contributed by atoms with Crippen LogP contribution < -0.4 is 5.32 Å². The number of nitrogens with one attached hydrogen (secondary N) is 1. The summed E-state index contributed by atoms with van der Waals surface area (Å²) in [6.45, 7) is 6.59. The van der Waals surface area contributed by atoms with Gasteiger partial charge in [-0.3, -0.25) is 4.98 Å². The van der Waals surface area contributed by atoms with E-state index in [9.17, 15) is 0 Å². The maximum absolute atomic E-state index is 6.10. The van der Waals surface area contributed by atoms with Crippen molar-refractivity contribution in [3.05, 3.63) is 29.0 Å². The highest BCUT2D eigenvalue weighted by Gasteiger charge is 2.09. The van der Waals surface area contributed by atoms with Gasteiger partial charge in [0.15, 0.2) is 0 Å². The van der Waals surface area contributed by atoms with Gasteiger partial charge in [0, 0.05) is 12.4 Å². The van der Waals surface area contributed by atoms with Gasteiger partial charge in [-0.05, 0) is 43.5 Å². The summed E-state index contributed by atoms with van der Waals surface area (Å²) in [4.78, 5) is 4.01. The maximum Gasteiger partial charge on any atom is 0.0621 e. The van der Waals surface area contributed by atoms with Crippen molar-refractivity contribution in [1.82, 2.24) is 10.3 Å². The lowest BCUT2D eigenvalue weighted by atomic mass is 9.97. The summed E-state index contributed by atoms with van der Waals surface area (Å²) < 4.78 is 0. The molecule has 1 atom stereocenters. The monoisotopic (exact) mass is 240 g/mol. The summed E-state index contributed by atoms with van der Waals surface area (Å²) in [7, 11) is 0. The first-order chi connectivity index (χ1) is 7.77. The number of nitrogens with zero attached hydrogens (tertiary/aromatic N) is 1. The second-order valence-electron chi connectivity index (χ2n) is 4.15. The minimum absolute atomic E-state index is 0.659. The van der Waals surface area contributed by atoms with Gasteiger partial charge in [0.2, 0.25) is 0 Å². The number of rotatable bonds is 7. The standard InChI is InChI=1S/C13H21ClN2/c1-3-6-15-9-11(4-2)8-12-5-7-16-10-13(12)14/h5,7,10-11,15H,3-4,6,8-9H2,1-2H3. The Hall–Kier alpha value is -0.600. The fourth-order valence-corrected chi connectivity index (χ4v) is 1.92. The lowest BCUT2D eigenvalue weighted by molar-refractivity contribution is 0.460. The van der Waals surface area contributed by atoms with E-state index in [0.29, 0.717) is 5.92 Å². The van der Waals surface area contributed by atoms with Gasteiger partial charge in [0.05, 0.1) is 5.02 Å². The molecule has 1 aromatic heterocycles. The van der Waals surface area contributed by atoms with Crippen LogP contribution in [-0.4, -0.2) is 18.1 Å². The molecule has 0 fully saturated rings. The molecule has 0 saturated heterocycles. The zero-order valence-electron chi connectivity index (χ0n) is 10.2. The van der Waals surface area contributed by atoms with Crippen molar-refractivity contribution in [2.75, 3.05) is 13.1 Å². The third kappa shape index (κ3) is 4.50. The Kier molecular flexibility index (Phi) is 6.43. The molecule has 0 aromatic carbocycles. The van der Waals surface area contributed by atoms with Gasteiger partial charge in [-0.1, -0.05) is 31.9 Å². The van der Waals surface area contributed by atoms with E-state index in [1.807, 2.05) is 12.3 Å². The lowest BCUT2D eigenvalue weighted by Crippen LogP contribution is -2.24. The molecule has 2 nitrogen and oxygen atoms in total. The predicted molar refractivity (Wildman–Crippen MR) is 69.9 cm³/mol. The molecule has 1 heterocycles. The topological polar surface area (TPSA) is 24.9 Å². The van der Waals surface area contributed by atoms with Crippen molar-refractivity contribution >= 4 is 11.6 Å². The average molecular weight is 241 g/mol. The quantitative estimate of drug-likeness (QED) is 0.740. The van der Waals surface area contributed by atoms with E-state index in [2.05, 4.69) is 24.1 Å². The van der Waals surface area contributed by atoms with Gasteiger partial charge in [-0.25, -0.2) is 0 Å². The molecule has 1 aromatic rings. The number of halogens is 1. The van der Waals surface area contributed by atoms with Crippen LogP contribution in [0.1, 0.15) is 32.3 Å². The first kappa shape index (κ1) is 13.5. The molecule has 1 rings (SSSR count). The summed E-state index contributed by atoms with van der Waals surface area (Å²) in [6, 6.07) is 2.02. The Morgan fingerprint density at radius 3 is 2.88 bits per heavy atom. The zero-order chi connectivity index (χ0) is 11.8. The Balaban J connectivity index is 2.46. The first-order valence-electron chi connectivity index (χ1n) is 6.07. The first-order valence-corrected chi connectivity index (χ1v) is 6.44. The van der Waals surface area contributed by atoms with Gasteiger partial charge in [-0.15, -0.1) is 0 Å². The summed E-state index contributed by atoms with van der Waals surface area (Å²) in [6.07, 6.45) is 6.94. The largest absolute Gasteiger partial charge is 0.316 e. The van der Waals surface area contributed by atoms with Gasteiger partial charge in [-0.2, -0.15) is 0 Å². The van der Waals surface area contributed by atoms with Crippen LogP contribution in [0.3, 0.4) is 0 Å². The van der Waals surface area contributed by atoms with Crippen LogP contribution in [0.5, 0.6) is 0 Å². The van der Waals surface area contributed by atoms with Gasteiger partial charge in [0.25, 0.3) is 0 Å².